The molecule has 2 aromatic carbocycles. The molecule has 0 aliphatic carbocycles. The third-order valence-corrected chi connectivity index (χ3v) is 5.44. The number of hydrogen-bond acceptors (Lipinski definition) is 4. The first-order chi connectivity index (χ1) is 14.2. The smallest absolute Gasteiger partial charge is 0.319 e. The van der Waals surface area contributed by atoms with Crippen LogP contribution in [0.3, 0.4) is 0 Å². The Labute approximate surface area is 173 Å². The van der Waals surface area contributed by atoms with Crippen molar-refractivity contribution in [2.45, 2.75) is 23.4 Å². The maximum atomic E-state index is 12.3. The van der Waals surface area contributed by atoms with Crippen molar-refractivity contribution in [3.63, 3.8) is 0 Å². The Morgan fingerprint density at radius 1 is 1.10 bits per heavy atom. The number of anilines is 1. The van der Waals surface area contributed by atoms with Gasteiger partial charge < -0.3 is 15.6 Å². The Morgan fingerprint density at radius 2 is 1.93 bits per heavy atom. The van der Waals surface area contributed by atoms with Crippen molar-refractivity contribution in [3.05, 3.63) is 78.2 Å². The molecule has 29 heavy (non-hydrogen) atoms. The zero-order valence-electron chi connectivity index (χ0n) is 16.0. The van der Waals surface area contributed by atoms with Crippen LogP contribution in [-0.4, -0.2) is 27.5 Å². The van der Waals surface area contributed by atoms with Gasteiger partial charge in [0.15, 0.2) is 5.16 Å². The number of carbonyl (C=O) groups excluding carboxylic acids is 1. The molecule has 0 saturated carbocycles. The van der Waals surface area contributed by atoms with Crippen molar-refractivity contribution < 1.29 is 4.79 Å². The van der Waals surface area contributed by atoms with Gasteiger partial charge in [0.05, 0.1) is 0 Å². The highest BCUT2D eigenvalue weighted by molar-refractivity contribution is 7.99. The van der Waals surface area contributed by atoms with Crippen molar-refractivity contribution in [3.8, 4) is 0 Å². The van der Waals surface area contributed by atoms with E-state index in [0.717, 1.165) is 28.1 Å². The molecule has 0 radical (unpaired) electrons. The molecule has 2 heterocycles. The molecule has 6 nitrogen and oxygen atoms in total. The molecule has 0 spiro atoms. The average Bonchev–Trinajstić information content (AvgIpc) is 3.14. The highest BCUT2D eigenvalue weighted by atomic mass is 32.2. The second-order valence-corrected chi connectivity index (χ2v) is 7.64. The maximum Gasteiger partial charge on any atom is 0.319 e. The van der Waals surface area contributed by atoms with Crippen LogP contribution in [-0.2, 0) is 6.42 Å². The van der Waals surface area contributed by atoms with E-state index < -0.39 is 0 Å². The normalized spacial score (nSPS) is 10.8. The van der Waals surface area contributed by atoms with Gasteiger partial charge in [-0.25, -0.2) is 14.8 Å². The highest BCUT2D eigenvalue weighted by Crippen LogP contribution is 2.27. The summed E-state index contributed by atoms with van der Waals surface area (Å²) in [6, 6.07) is 15.6. The van der Waals surface area contributed by atoms with Crippen molar-refractivity contribution in [1.29, 1.82) is 0 Å². The van der Waals surface area contributed by atoms with Crippen LogP contribution in [0.25, 0.3) is 10.9 Å². The average molecular weight is 404 g/mol. The Balaban J connectivity index is 1.31. The minimum absolute atomic E-state index is 0.209. The number of H-pyrrole nitrogens is 1. The second-order valence-electron chi connectivity index (χ2n) is 6.60. The van der Waals surface area contributed by atoms with Crippen LogP contribution in [0.2, 0.25) is 0 Å². The zero-order valence-corrected chi connectivity index (χ0v) is 16.8. The summed E-state index contributed by atoms with van der Waals surface area (Å²) >= 11 is 1.49. The molecule has 3 N–H and O–H groups in total. The van der Waals surface area contributed by atoms with Gasteiger partial charge in [0, 0.05) is 46.6 Å². The van der Waals surface area contributed by atoms with Gasteiger partial charge in [0.2, 0.25) is 0 Å². The van der Waals surface area contributed by atoms with Crippen LogP contribution in [0.15, 0.2) is 77.2 Å². The van der Waals surface area contributed by atoms with Gasteiger partial charge in [-0.2, -0.15) is 0 Å². The summed E-state index contributed by atoms with van der Waals surface area (Å²) < 4.78 is 0. The Hall–Kier alpha value is -3.32. The molecule has 4 rings (SSSR count). The lowest BCUT2D eigenvalue weighted by Crippen LogP contribution is -2.30. The number of para-hydroxylation sites is 1. The molecule has 0 aliphatic rings. The molecule has 0 unspecified atom stereocenters. The number of aromatic amines is 1. The monoisotopic (exact) mass is 403 g/mol. The molecule has 146 valence electrons. The van der Waals surface area contributed by atoms with Gasteiger partial charge in [-0.1, -0.05) is 18.2 Å². The lowest BCUT2D eigenvalue weighted by atomic mass is 10.1. The SMILES string of the molecule is Cc1cc(Sc2ncccn2)ccc1NC(=O)NCCc1c[nH]c2ccccc12. The van der Waals surface area contributed by atoms with Crippen LogP contribution >= 0.6 is 11.8 Å². The fourth-order valence-corrected chi connectivity index (χ4v) is 3.91. The van der Waals surface area contributed by atoms with Gasteiger partial charge >= 0.3 is 6.03 Å². The van der Waals surface area contributed by atoms with E-state index in [-0.39, 0.29) is 6.03 Å². The molecule has 2 amide bonds. The van der Waals surface area contributed by atoms with E-state index in [1.807, 2.05) is 49.5 Å². The second kappa shape index (κ2) is 8.79. The predicted octanol–water partition coefficient (Wildman–Crippen LogP) is 4.78. The predicted molar refractivity (Wildman–Crippen MR) is 116 cm³/mol. The number of benzene rings is 2. The van der Waals surface area contributed by atoms with E-state index in [1.165, 1.54) is 22.7 Å². The summed E-state index contributed by atoms with van der Waals surface area (Å²) in [6.07, 6.45) is 6.21. The first-order valence-electron chi connectivity index (χ1n) is 9.34. The van der Waals surface area contributed by atoms with E-state index >= 15 is 0 Å². The molecule has 0 saturated heterocycles. The molecule has 0 bridgehead atoms. The Bertz CT molecular complexity index is 1130. The Morgan fingerprint density at radius 3 is 2.76 bits per heavy atom. The van der Waals surface area contributed by atoms with Crippen LogP contribution in [0.1, 0.15) is 11.1 Å². The summed E-state index contributed by atoms with van der Waals surface area (Å²) in [5.41, 5.74) is 4.08. The lowest BCUT2D eigenvalue weighted by Gasteiger charge is -2.11. The maximum absolute atomic E-state index is 12.3. The molecular weight excluding hydrogens is 382 g/mol. The molecule has 7 heteroatoms. The molecule has 4 aromatic rings. The summed E-state index contributed by atoms with van der Waals surface area (Å²) in [5, 5.41) is 7.74. The first-order valence-corrected chi connectivity index (χ1v) is 10.2. The van der Waals surface area contributed by atoms with Crippen LogP contribution in [0.4, 0.5) is 10.5 Å². The summed E-state index contributed by atoms with van der Waals surface area (Å²) in [4.78, 5) is 25.0. The third-order valence-electron chi connectivity index (χ3n) is 4.55. The summed E-state index contributed by atoms with van der Waals surface area (Å²) in [7, 11) is 0. The third kappa shape index (κ3) is 4.75. The van der Waals surface area contributed by atoms with Gasteiger partial charge in [-0.15, -0.1) is 0 Å². The number of amides is 2. The van der Waals surface area contributed by atoms with Crippen molar-refractivity contribution in [2.24, 2.45) is 0 Å². The van der Waals surface area contributed by atoms with E-state index in [2.05, 4.69) is 31.7 Å². The molecule has 0 aliphatic heterocycles. The number of aromatic nitrogens is 3. The van der Waals surface area contributed by atoms with Crippen molar-refractivity contribution in [2.75, 3.05) is 11.9 Å². The van der Waals surface area contributed by atoms with Crippen molar-refractivity contribution >= 4 is 34.4 Å². The quantitative estimate of drug-likeness (QED) is 0.405. The molecule has 0 atom stereocenters. The zero-order chi connectivity index (χ0) is 20.1. The standard InChI is InChI=1S/C22H21N5OS/c1-15-13-17(29-22-24-10-4-11-25-22)7-8-19(15)27-21(28)23-12-9-16-14-26-20-6-3-2-5-18(16)20/h2-8,10-11,13-14,26H,9,12H2,1H3,(H2,23,27,28). The minimum atomic E-state index is -0.209. The Kier molecular flexibility index (Phi) is 5.76. The van der Waals surface area contributed by atoms with Gasteiger partial charge in [-0.05, 0) is 66.6 Å². The number of carbonyl (C=O) groups is 1. The highest BCUT2D eigenvalue weighted by Gasteiger charge is 2.08. The topological polar surface area (TPSA) is 82.7 Å². The summed E-state index contributed by atoms with van der Waals surface area (Å²) in [6.45, 7) is 2.53. The van der Waals surface area contributed by atoms with Crippen LogP contribution in [0.5, 0.6) is 0 Å². The fraction of sp³-hybridized carbons (Fsp3) is 0.136. The van der Waals surface area contributed by atoms with Crippen LogP contribution < -0.4 is 10.6 Å². The van der Waals surface area contributed by atoms with Crippen molar-refractivity contribution in [1.82, 2.24) is 20.3 Å². The fourth-order valence-electron chi connectivity index (χ4n) is 3.10. The summed E-state index contributed by atoms with van der Waals surface area (Å²) in [5.74, 6) is 0. The number of urea groups is 1. The first kappa shape index (κ1) is 19.0. The molecule has 2 aromatic heterocycles. The number of aryl methyl sites for hydroxylation is 1. The van der Waals surface area contributed by atoms with Gasteiger partial charge in [0.25, 0.3) is 0 Å². The van der Waals surface area contributed by atoms with Gasteiger partial charge in [-0.3, -0.25) is 0 Å². The number of fused-ring (bicyclic) bond motifs is 1. The van der Waals surface area contributed by atoms with E-state index in [1.54, 1.807) is 18.5 Å². The van der Waals surface area contributed by atoms with E-state index in [9.17, 15) is 4.79 Å². The largest absolute Gasteiger partial charge is 0.361 e. The lowest BCUT2D eigenvalue weighted by molar-refractivity contribution is 0.252. The van der Waals surface area contributed by atoms with E-state index in [4.69, 9.17) is 0 Å². The minimum Gasteiger partial charge on any atom is -0.361 e. The van der Waals surface area contributed by atoms with Crippen LogP contribution in [0, 0.1) is 6.92 Å². The van der Waals surface area contributed by atoms with Gasteiger partial charge in [0.1, 0.15) is 0 Å². The number of nitrogens with one attached hydrogen (secondary N) is 3. The number of nitrogens with zero attached hydrogens (tertiary/aromatic N) is 2. The van der Waals surface area contributed by atoms with E-state index in [0.29, 0.717) is 11.7 Å². The molecule has 0 fully saturated rings. The number of hydrogen-bond donors (Lipinski definition) is 3. The molecular formula is C22H21N5OS. The number of rotatable bonds is 6.